The number of allylic oxidation sites excluding steroid dienone is 1. The Balaban J connectivity index is 2.83. The highest BCUT2D eigenvalue weighted by Gasteiger charge is 2.07. The van der Waals surface area contributed by atoms with Crippen molar-refractivity contribution >= 4 is 11.4 Å². The summed E-state index contributed by atoms with van der Waals surface area (Å²) in [6.07, 6.45) is 1.97. The van der Waals surface area contributed by atoms with Gasteiger partial charge in [-0.2, -0.15) is 0 Å². The average Bonchev–Trinajstić information content (AvgIpc) is 2.20. The van der Waals surface area contributed by atoms with E-state index in [1.807, 2.05) is 19.9 Å². The molecule has 0 bridgehead atoms. The van der Waals surface area contributed by atoms with E-state index in [4.69, 9.17) is 10.5 Å². The summed E-state index contributed by atoms with van der Waals surface area (Å²) < 4.78 is 18.5. The molecule has 3 nitrogen and oxygen atoms in total. The van der Waals surface area contributed by atoms with Crippen LogP contribution in [0, 0.1) is 5.82 Å². The van der Waals surface area contributed by atoms with Gasteiger partial charge in [0.15, 0.2) is 0 Å². The van der Waals surface area contributed by atoms with Crippen molar-refractivity contribution in [3.63, 3.8) is 0 Å². The van der Waals surface area contributed by atoms with Gasteiger partial charge in [0.1, 0.15) is 11.6 Å². The topological polar surface area (TPSA) is 47.3 Å². The monoisotopic (exact) mass is 224 g/mol. The third-order valence-electron chi connectivity index (χ3n) is 2.12. The van der Waals surface area contributed by atoms with E-state index < -0.39 is 0 Å². The van der Waals surface area contributed by atoms with Gasteiger partial charge in [0.2, 0.25) is 0 Å². The van der Waals surface area contributed by atoms with Crippen molar-refractivity contribution in [3.8, 4) is 5.75 Å². The van der Waals surface area contributed by atoms with E-state index >= 15 is 0 Å². The van der Waals surface area contributed by atoms with Crippen LogP contribution in [0.4, 0.5) is 15.8 Å². The highest BCUT2D eigenvalue weighted by atomic mass is 19.1. The molecule has 0 aliphatic heterocycles. The van der Waals surface area contributed by atoms with Gasteiger partial charge in [-0.1, -0.05) is 11.6 Å². The Morgan fingerprint density at radius 1 is 1.50 bits per heavy atom. The van der Waals surface area contributed by atoms with Crippen molar-refractivity contribution in [2.24, 2.45) is 0 Å². The van der Waals surface area contributed by atoms with Crippen molar-refractivity contribution in [2.45, 2.75) is 13.8 Å². The standard InChI is InChI=1S/C12H17FN2O/c1-8(2)4-5-15-11-7-12(16-3)10(14)6-9(11)13/h4,6-7,15H,5,14H2,1-3H3. The van der Waals surface area contributed by atoms with Gasteiger partial charge in [-0.25, -0.2) is 4.39 Å². The predicted octanol–water partition coefficient (Wildman–Crippen LogP) is 2.79. The van der Waals surface area contributed by atoms with E-state index in [-0.39, 0.29) is 5.82 Å². The minimum absolute atomic E-state index is 0.299. The Hall–Kier alpha value is -1.71. The molecule has 0 saturated heterocycles. The number of hydrogen-bond acceptors (Lipinski definition) is 3. The number of hydrogen-bond donors (Lipinski definition) is 2. The van der Waals surface area contributed by atoms with Crippen LogP contribution in [0.3, 0.4) is 0 Å². The first kappa shape index (κ1) is 12.4. The Morgan fingerprint density at radius 3 is 2.75 bits per heavy atom. The summed E-state index contributed by atoms with van der Waals surface area (Å²) in [5.41, 5.74) is 7.44. The minimum Gasteiger partial charge on any atom is -0.495 e. The van der Waals surface area contributed by atoms with Gasteiger partial charge < -0.3 is 15.8 Å². The number of methoxy groups -OCH3 is 1. The van der Waals surface area contributed by atoms with Crippen molar-refractivity contribution in [1.29, 1.82) is 0 Å². The molecular formula is C12H17FN2O. The van der Waals surface area contributed by atoms with Crippen molar-refractivity contribution in [1.82, 2.24) is 0 Å². The lowest BCUT2D eigenvalue weighted by Crippen LogP contribution is -2.03. The fourth-order valence-electron chi connectivity index (χ4n) is 1.25. The largest absolute Gasteiger partial charge is 0.495 e. The first-order valence-corrected chi connectivity index (χ1v) is 5.05. The number of anilines is 2. The lowest BCUT2D eigenvalue weighted by molar-refractivity contribution is 0.416. The van der Waals surface area contributed by atoms with Crippen molar-refractivity contribution in [3.05, 3.63) is 29.6 Å². The van der Waals surface area contributed by atoms with Crippen molar-refractivity contribution < 1.29 is 9.13 Å². The Kier molecular flexibility index (Phi) is 4.17. The third-order valence-corrected chi connectivity index (χ3v) is 2.12. The molecule has 0 aliphatic carbocycles. The summed E-state index contributed by atoms with van der Waals surface area (Å²) in [6, 6.07) is 2.81. The summed E-state index contributed by atoms with van der Waals surface area (Å²) >= 11 is 0. The lowest BCUT2D eigenvalue weighted by Gasteiger charge is -2.10. The maximum absolute atomic E-state index is 13.5. The molecule has 0 aromatic heterocycles. The van der Waals surface area contributed by atoms with Crippen LogP contribution in [0.25, 0.3) is 0 Å². The Labute approximate surface area is 95.1 Å². The van der Waals surface area contributed by atoms with Gasteiger partial charge in [0.25, 0.3) is 0 Å². The highest BCUT2D eigenvalue weighted by molar-refractivity contribution is 5.62. The lowest BCUT2D eigenvalue weighted by atomic mass is 10.2. The molecule has 0 amide bonds. The zero-order valence-electron chi connectivity index (χ0n) is 9.80. The van der Waals surface area contributed by atoms with Crippen LogP contribution in [-0.2, 0) is 0 Å². The molecule has 0 fully saturated rings. The molecule has 1 aromatic carbocycles. The quantitative estimate of drug-likeness (QED) is 0.610. The first-order valence-electron chi connectivity index (χ1n) is 5.05. The molecule has 1 aromatic rings. The number of benzene rings is 1. The highest BCUT2D eigenvalue weighted by Crippen LogP contribution is 2.27. The Bertz CT molecular complexity index is 398. The van der Waals surface area contributed by atoms with E-state index in [1.165, 1.54) is 18.7 Å². The number of halogens is 1. The van der Waals surface area contributed by atoms with Gasteiger partial charge in [-0.05, 0) is 13.8 Å². The van der Waals surface area contributed by atoms with Gasteiger partial charge in [0.05, 0.1) is 18.5 Å². The van der Waals surface area contributed by atoms with Crippen LogP contribution in [0.2, 0.25) is 0 Å². The summed E-state index contributed by atoms with van der Waals surface area (Å²) in [5, 5.41) is 2.96. The van der Waals surface area contributed by atoms with Gasteiger partial charge >= 0.3 is 0 Å². The smallest absolute Gasteiger partial charge is 0.148 e. The van der Waals surface area contributed by atoms with Gasteiger partial charge in [-0.3, -0.25) is 0 Å². The van der Waals surface area contributed by atoms with E-state index in [1.54, 1.807) is 6.07 Å². The fraction of sp³-hybridized carbons (Fsp3) is 0.333. The average molecular weight is 224 g/mol. The number of ether oxygens (including phenoxy) is 1. The summed E-state index contributed by atoms with van der Waals surface area (Å²) in [5.74, 6) is 0.0987. The second-order valence-corrected chi connectivity index (χ2v) is 3.74. The molecule has 16 heavy (non-hydrogen) atoms. The molecule has 0 unspecified atom stereocenters. The van der Waals surface area contributed by atoms with Crippen molar-refractivity contribution in [2.75, 3.05) is 24.7 Å². The van der Waals surface area contributed by atoms with Crippen LogP contribution in [0.1, 0.15) is 13.8 Å². The summed E-state index contributed by atoms with van der Waals surface area (Å²) in [7, 11) is 1.50. The molecule has 1 rings (SSSR count). The second-order valence-electron chi connectivity index (χ2n) is 3.74. The minimum atomic E-state index is -0.375. The molecule has 0 radical (unpaired) electrons. The fourth-order valence-corrected chi connectivity index (χ4v) is 1.25. The van der Waals surface area contributed by atoms with E-state index in [0.29, 0.717) is 23.7 Å². The number of nitrogen functional groups attached to an aromatic ring is 1. The predicted molar refractivity (Wildman–Crippen MR) is 65.3 cm³/mol. The normalized spacial score (nSPS) is 9.75. The maximum atomic E-state index is 13.5. The van der Waals surface area contributed by atoms with E-state index in [2.05, 4.69) is 5.32 Å². The summed E-state index contributed by atoms with van der Waals surface area (Å²) in [6.45, 7) is 4.55. The van der Waals surface area contributed by atoms with Crippen LogP contribution >= 0.6 is 0 Å². The van der Waals surface area contributed by atoms with Crippen LogP contribution in [-0.4, -0.2) is 13.7 Å². The van der Waals surface area contributed by atoms with E-state index in [9.17, 15) is 4.39 Å². The molecule has 0 saturated carbocycles. The molecule has 3 N–H and O–H groups in total. The van der Waals surface area contributed by atoms with Crippen LogP contribution < -0.4 is 15.8 Å². The molecule has 0 atom stereocenters. The molecule has 0 aliphatic rings. The zero-order chi connectivity index (χ0) is 12.1. The zero-order valence-corrected chi connectivity index (χ0v) is 9.80. The third kappa shape index (κ3) is 3.15. The number of nitrogens with one attached hydrogen (secondary N) is 1. The first-order chi connectivity index (χ1) is 7.54. The van der Waals surface area contributed by atoms with Crippen LogP contribution in [0.15, 0.2) is 23.8 Å². The Morgan fingerprint density at radius 2 is 2.19 bits per heavy atom. The molecule has 0 heterocycles. The molecule has 88 valence electrons. The van der Waals surface area contributed by atoms with Gasteiger partial charge in [0, 0.05) is 18.7 Å². The molecular weight excluding hydrogens is 207 g/mol. The van der Waals surface area contributed by atoms with Gasteiger partial charge in [-0.15, -0.1) is 0 Å². The maximum Gasteiger partial charge on any atom is 0.148 e. The molecule has 4 heteroatoms. The summed E-state index contributed by atoms with van der Waals surface area (Å²) in [4.78, 5) is 0. The SMILES string of the molecule is COc1cc(NCC=C(C)C)c(F)cc1N. The second kappa shape index (κ2) is 5.39. The van der Waals surface area contributed by atoms with Crippen LogP contribution in [0.5, 0.6) is 5.75 Å². The number of rotatable bonds is 4. The number of nitrogens with two attached hydrogens (primary N) is 1. The van der Waals surface area contributed by atoms with E-state index in [0.717, 1.165) is 0 Å². The molecule has 0 spiro atoms.